The molecule has 1 heterocycles. The predicted molar refractivity (Wildman–Crippen MR) is 52.3 cm³/mol. The number of carbonyl (C=O) groups excluding carboxylic acids is 1. The molecule has 0 spiro atoms. The van der Waals surface area contributed by atoms with E-state index in [1.165, 1.54) is 6.21 Å². The van der Waals surface area contributed by atoms with E-state index in [0.29, 0.717) is 0 Å². The number of aliphatic imine (C=N–C) groups is 1. The first-order valence-electron chi connectivity index (χ1n) is 4.30. The molecule has 1 aromatic rings. The van der Waals surface area contributed by atoms with Gasteiger partial charge in [0, 0.05) is 5.56 Å². The highest BCUT2D eigenvalue weighted by molar-refractivity contribution is 6.36. The summed E-state index contributed by atoms with van der Waals surface area (Å²) in [6.45, 7) is 4.02. The van der Waals surface area contributed by atoms with Crippen LogP contribution in [0.25, 0.3) is 0 Å². The molecule has 1 aromatic carbocycles. The number of fused-ring (bicyclic) bond motifs is 1. The third-order valence-corrected chi connectivity index (χ3v) is 2.36. The van der Waals surface area contributed by atoms with Crippen LogP contribution in [0.3, 0.4) is 0 Å². The summed E-state index contributed by atoms with van der Waals surface area (Å²) in [7, 11) is 0. The van der Waals surface area contributed by atoms with Crippen molar-refractivity contribution in [1.82, 2.24) is 0 Å². The molecule has 2 heteroatoms. The molecule has 0 fully saturated rings. The lowest BCUT2D eigenvalue weighted by atomic mass is 9.87. The quantitative estimate of drug-likeness (QED) is 0.591. The summed E-state index contributed by atoms with van der Waals surface area (Å²) in [5.41, 5.74) is 1.54. The topological polar surface area (TPSA) is 29.4 Å². The van der Waals surface area contributed by atoms with Gasteiger partial charge in [-0.25, -0.2) is 0 Å². The van der Waals surface area contributed by atoms with Crippen LogP contribution in [0.15, 0.2) is 29.3 Å². The molecule has 0 saturated heterocycles. The van der Waals surface area contributed by atoms with Gasteiger partial charge in [-0.3, -0.25) is 9.79 Å². The first kappa shape index (κ1) is 8.17. The number of ketones is 1. The number of rotatable bonds is 0. The maximum atomic E-state index is 11.4. The van der Waals surface area contributed by atoms with Crippen LogP contribution in [-0.2, 0) is 5.54 Å². The monoisotopic (exact) mass is 173 g/mol. The number of hydrogen-bond acceptors (Lipinski definition) is 2. The largest absolute Gasteiger partial charge is 0.288 e. The van der Waals surface area contributed by atoms with Gasteiger partial charge in [-0.2, -0.15) is 0 Å². The Morgan fingerprint density at radius 1 is 1.23 bits per heavy atom. The van der Waals surface area contributed by atoms with Crippen LogP contribution in [0.4, 0.5) is 0 Å². The van der Waals surface area contributed by atoms with Gasteiger partial charge >= 0.3 is 0 Å². The molecule has 66 valence electrons. The van der Waals surface area contributed by atoms with Crippen molar-refractivity contribution in [3.63, 3.8) is 0 Å². The molecule has 0 aromatic heterocycles. The second-order valence-electron chi connectivity index (χ2n) is 3.73. The molecule has 13 heavy (non-hydrogen) atoms. The molecule has 0 aliphatic carbocycles. The van der Waals surface area contributed by atoms with E-state index in [1.54, 1.807) is 0 Å². The van der Waals surface area contributed by atoms with Crippen molar-refractivity contribution in [2.45, 2.75) is 19.4 Å². The van der Waals surface area contributed by atoms with Gasteiger partial charge in [0.1, 0.15) is 0 Å². The standard InChI is InChI=1S/C11H11NO/c1-11(2)9-6-4-3-5-8(9)10(13)7-12-11/h3-7H,1-2H3. The summed E-state index contributed by atoms with van der Waals surface area (Å²) in [6.07, 6.45) is 1.42. The van der Waals surface area contributed by atoms with E-state index in [2.05, 4.69) is 4.99 Å². The fraction of sp³-hybridized carbons (Fsp3) is 0.273. The van der Waals surface area contributed by atoms with Gasteiger partial charge < -0.3 is 0 Å². The van der Waals surface area contributed by atoms with Crippen molar-refractivity contribution < 1.29 is 4.79 Å². The molecule has 0 N–H and O–H groups in total. The number of carbonyl (C=O) groups is 1. The normalized spacial score (nSPS) is 18.5. The van der Waals surface area contributed by atoms with E-state index >= 15 is 0 Å². The van der Waals surface area contributed by atoms with E-state index in [0.717, 1.165) is 11.1 Å². The van der Waals surface area contributed by atoms with Crippen molar-refractivity contribution in [2.75, 3.05) is 0 Å². The van der Waals surface area contributed by atoms with Crippen molar-refractivity contribution in [3.8, 4) is 0 Å². The Morgan fingerprint density at radius 2 is 1.92 bits per heavy atom. The molecular formula is C11H11NO. The smallest absolute Gasteiger partial charge is 0.203 e. The van der Waals surface area contributed by atoms with E-state index < -0.39 is 0 Å². The third-order valence-electron chi connectivity index (χ3n) is 2.36. The van der Waals surface area contributed by atoms with Gasteiger partial charge in [0.25, 0.3) is 0 Å². The van der Waals surface area contributed by atoms with Crippen LogP contribution in [-0.4, -0.2) is 12.0 Å². The van der Waals surface area contributed by atoms with Crippen molar-refractivity contribution in [2.24, 2.45) is 4.99 Å². The Balaban J connectivity index is 2.68. The lowest BCUT2D eigenvalue weighted by Crippen LogP contribution is -2.24. The number of Topliss-reactive ketones (excluding diaryl/α,β-unsaturated/α-hetero) is 1. The third kappa shape index (κ3) is 1.18. The minimum atomic E-state index is -0.259. The second kappa shape index (κ2) is 2.52. The molecule has 1 aliphatic heterocycles. The van der Waals surface area contributed by atoms with E-state index in [9.17, 15) is 4.79 Å². The zero-order chi connectivity index (χ0) is 9.47. The van der Waals surface area contributed by atoms with Crippen LogP contribution in [0, 0.1) is 0 Å². The first-order valence-corrected chi connectivity index (χ1v) is 4.30. The van der Waals surface area contributed by atoms with Crippen LogP contribution < -0.4 is 0 Å². The van der Waals surface area contributed by atoms with E-state index in [1.807, 2.05) is 38.1 Å². The van der Waals surface area contributed by atoms with Crippen LogP contribution in [0.5, 0.6) is 0 Å². The average molecular weight is 173 g/mol. The predicted octanol–water partition coefficient (Wildman–Crippen LogP) is 2.19. The van der Waals surface area contributed by atoms with Gasteiger partial charge in [-0.15, -0.1) is 0 Å². The molecule has 2 rings (SSSR count). The van der Waals surface area contributed by atoms with Gasteiger partial charge in [0.05, 0.1) is 11.8 Å². The molecule has 0 bridgehead atoms. The van der Waals surface area contributed by atoms with Gasteiger partial charge in [0.15, 0.2) is 0 Å². The first-order chi connectivity index (χ1) is 6.11. The molecule has 1 aliphatic rings. The average Bonchev–Trinajstić information content (AvgIpc) is 2.13. The second-order valence-corrected chi connectivity index (χ2v) is 3.73. The minimum Gasteiger partial charge on any atom is -0.288 e. The highest BCUT2D eigenvalue weighted by Gasteiger charge is 2.27. The summed E-state index contributed by atoms with van der Waals surface area (Å²) in [6, 6.07) is 7.63. The Labute approximate surface area is 77.3 Å². The molecule has 2 nitrogen and oxygen atoms in total. The lowest BCUT2D eigenvalue weighted by Gasteiger charge is -2.25. The van der Waals surface area contributed by atoms with Gasteiger partial charge in [0.2, 0.25) is 5.78 Å². The lowest BCUT2D eigenvalue weighted by molar-refractivity contribution is 0.106. The minimum absolute atomic E-state index is 0.00919. The van der Waals surface area contributed by atoms with Crippen LogP contribution >= 0.6 is 0 Å². The Hall–Kier alpha value is -1.44. The fourth-order valence-electron chi connectivity index (χ4n) is 1.59. The fourth-order valence-corrected chi connectivity index (χ4v) is 1.59. The molecule has 0 amide bonds. The highest BCUT2D eigenvalue weighted by Crippen LogP contribution is 2.30. The van der Waals surface area contributed by atoms with Crippen LogP contribution in [0.1, 0.15) is 29.8 Å². The number of hydrogen-bond donors (Lipinski definition) is 0. The summed E-state index contributed by atoms with van der Waals surface area (Å²) >= 11 is 0. The maximum Gasteiger partial charge on any atom is 0.203 e. The SMILES string of the molecule is CC1(C)N=CC(=O)c2ccccc21. The Kier molecular flexibility index (Phi) is 1.59. The van der Waals surface area contributed by atoms with Crippen molar-refractivity contribution in [1.29, 1.82) is 0 Å². The number of benzene rings is 1. The molecule has 0 radical (unpaired) electrons. The van der Waals surface area contributed by atoms with E-state index in [4.69, 9.17) is 0 Å². The summed E-state index contributed by atoms with van der Waals surface area (Å²) in [5.74, 6) is 0.00919. The van der Waals surface area contributed by atoms with Crippen molar-refractivity contribution >= 4 is 12.0 Å². The summed E-state index contributed by atoms with van der Waals surface area (Å²) in [4.78, 5) is 15.6. The molecule has 0 atom stereocenters. The zero-order valence-electron chi connectivity index (χ0n) is 7.74. The van der Waals surface area contributed by atoms with Crippen LogP contribution in [0.2, 0.25) is 0 Å². The summed E-state index contributed by atoms with van der Waals surface area (Å²) in [5, 5.41) is 0. The van der Waals surface area contributed by atoms with Crippen molar-refractivity contribution in [3.05, 3.63) is 35.4 Å². The Bertz CT molecular complexity index is 391. The maximum absolute atomic E-state index is 11.4. The van der Waals surface area contributed by atoms with E-state index in [-0.39, 0.29) is 11.3 Å². The highest BCUT2D eigenvalue weighted by atomic mass is 16.1. The summed E-state index contributed by atoms with van der Waals surface area (Å²) < 4.78 is 0. The van der Waals surface area contributed by atoms with Gasteiger partial charge in [-0.1, -0.05) is 24.3 Å². The Morgan fingerprint density at radius 3 is 2.62 bits per heavy atom. The molecule has 0 saturated carbocycles. The molecular weight excluding hydrogens is 162 g/mol. The molecule has 0 unspecified atom stereocenters. The number of nitrogens with zero attached hydrogens (tertiary/aromatic N) is 1. The zero-order valence-corrected chi connectivity index (χ0v) is 7.74. The van der Waals surface area contributed by atoms with Gasteiger partial charge in [-0.05, 0) is 19.4 Å².